The molecule has 4 aromatic rings. The molecule has 30 heavy (non-hydrogen) atoms. The van der Waals surface area contributed by atoms with Crippen molar-refractivity contribution in [3.05, 3.63) is 77.9 Å². The van der Waals surface area contributed by atoms with E-state index in [1.807, 2.05) is 6.92 Å². The number of rotatable bonds is 5. The van der Waals surface area contributed by atoms with E-state index in [9.17, 15) is 19.8 Å². The van der Waals surface area contributed by atoms with E-state index < -0.39 is 5.78 Å². The number of nitrogens with zero attached hydrogens (tertiary/aromatic N) is 3. The minimum atomic E-state index is -0.701. The summed E-state index contributed by atoms with van der Waals surface area (Å²) in [4.78, 5) is 28.0. The molecule has 0 aliphatic rings. The summed E-state index contributed by atoms with van der Waals surface area (Å²) >= 11 is 0. The highest BCUT2D eigenvalue weighted by atomic mass is 16.3. The van der Waals surface area contributed by atoms with Gasteiger partial charge < -0.3 is 10.2 Å². The average molecular weight is 399 g/mol. The molecule has 0 saturated heterocycles. The van der Waals surface area contributed by atoms with Gasteiger partial charge in [-0.05, 0) is 48.9 Å². The average Bonchev–Trinajstić information content (AvgIpc) is 3.18. The van der Waals surface area contributed by atoms with Crippen LogP contribution in [0.3, 0.4) is 0 Å². The van der Waals surface area contributed by atoms with E-state index in [1.54, 1.807) is 54.6 Å². The van der Waals surface area contributed by atoms with Gasteiger partial charge in [0.2, 0.25) is 5.78 Å². The van der Waals surface area contributed by atoms with E-state index in [0.29, 0.717) is 16.8 Å². The van der Waals surface area contributed by atoms with Crippen molar-refractivity contribution in [1.29, 1.82) is 0 Å². The van der Waals surface area contributed by atoms with E-state index in [4.69, 9.17) is 0 Å². The lowest BCUT2D eigenvalue weighted by Gasteiger charge is -2.11. The van der Waals surface area contributed by atoms with Crippen LogP contribution in [-0.2, 0) is 4.79 Å². The number of phenols is 2. The summed E-state index contributed by atoms with van der Waals surface area (Å²) in [5, 5.41) is 25.2. The molecule has 3 aromatic carbocycles. The molecule has 2 N–H and O–H groups in total. The topological polar surface area (TPSA) is 105 Å². The second kappa shape index (κ2) is 7.63. The van der Waals surface area contributed by atoms with Gasteiger partial charge in [-0.2, -0.15) is 0 Å². The zero-order chi connectivity index (χ0) is 21.3. The Hall–Kier alpha value is -4.26. The number of Topliss-reactive ketones (excluding diaryl/α,β-unsaturated/α-hetero) is 1. The van der Waals surface area contributed by atoms with Crippen molar-refractivity contribution >= 4 is 12.1 Å². The number of para-hydroxylation sites is 2. The number of phenolic OH excluding ortho intramolecular Hbond substituents is 2. The summed E-state index contributed by atoms with van der Waals surface area (Å²) < 4.78 is 1.40. The molecular formula is C23H17N3O4. The number of aromatic hydroxyl groups is 2. The van der Waals surface area contributed by atoms with E-state index in [1.165, 1.54) is 16.8 Å². The third-order valence-corrected chi connectivity index (χ3v) is 4.65. The molecule has 0 radical (unpaired) electrons. The Morgan fingerprint density at radius 1 is 0.933 bits per heavy atom. The van der Waals surface area contributed by atoms with Crippen LogP contribution in [0.4, 0.5) is 0 Å². The van der Waals surface area contributed by atoms with Crippen LogP contribution in [0.1, 0.15) is 15.9 Å². The van der Waals surface area contributed by atoms with Crippen molar-refractivity contribution in [3.63, 3.8) is 0 Å². The number of hydrogen-bond acceptors (Lipinski definition) is 6. The zero-order valence-electron chi connectivity index (χ0n) is 16.0. The standard InChI is InChI=1S/C23H17N3O4/c1-14-10-11-15(21(30)13-27)18(12-14)26-23(17-7-3-5-9-20(17)29)24-22(25-26)16-6-2-4-8-19(16)28/h2-13,28-29H,1H3. The number of carbonyl (C=O) groups excluding carboxylic acids is 2. The van der Waals surface area contributed by atoms with E-state index >= 15 is 0 Å². The first-order valence-electron chi connectivity index (χ1n) is 9.14. The lowest BCUT2D eigenvalue weighted by molar-refractivity contribution is -0.104. The molecule has 0 atom stereocenters. The predicted molar refractivity (Wildman–Crippen MR) is 111 cm³/mol. The molecule has 148 valence electrons. The van der Waals surface area contributed by atoms with Gasteiger partial charge in [-0.1, -0.05) is 30.3 Å². The van der Waals surface area contributed by atoms with Crippen molar-refractivity contribution in [2.24, 2.45) is 0 Å². The molecular weight excluding hydrogens is 382 g/mol. The number of hydrogen-bond donors (Lipinski definition) is 2. The molecule has 0 spiro atoms. The predicted octanol–water partition coefficient (Wildman–Crippen LogP) is 3.70. The van der Waals surface area contributed by atoms with Crippen LogP contribution in [0, 0.1) is 6.92 Å². The molecule has 0 aliphatic carbocycles. The Morgan fingerprint density at radius 2 is 1.57 bits per heavy atom. The zero-order valence-corrected chi connectivity index (χ0v) is 16.0. The monoisotopic (exact) mass is 399 g/mol. The van der Waals surface area contributed by atoms with Crippen LogP contribution >= 0.6 is 0 Å². The Kier molecular flexibility index (Phi) is 4.85. The van der Waals surface area contributed by atoms with Gasteiger partial charge in [0.1, 0.15) is 11.5 Å². The molecule has 7 nitrogen and oxygen atoms in total. The Balaban J connectivity index is 2.04. The van der Waals surface area contributed by atoms with Crippen molar-refractivity contribution in [3.8, 4) is 40.0 Å². The maximum Gasteiger partial charge on any atom is 0.227 e. The Morgan fingerprint density at radius 3 is 2.20 bits per heavy atom. The number of ketones is 1. The van der Waals surface area contributed by atoms with Crippen LogP contribution in [0.5, 0.6) is 11.5 Å². The first kappa shape index (κ1) is 19.1. The van der Waals surface area contributed by atoms with Crippen LogP contribution in [0.15, 0.2) is 66.7 Å². The van der Waals surface area contributed by atoms with E-state index in [0.717, 1.165) is 5.56 Å². The molecule has 0 bridgehead atoms. The van der Waals surface area contributed by atoms with Crippen molar-refractivity contribution in [2.75, 3.05) is 0 Å². The summed E-state index contributed by atoms with van der Waals surface area (Å²) in [6.07, 6.45) is 0.245. The van der Waals surface area contributed by atoms with Gasteiger partial charge in [0.15, 0.2) is 17.9 Å². The lowest BCUT2D eigenvalue weighted by atomic mass is 10.1. The first-order chi connectivity index (χ1) is 14.5. The minimum Gasteiger partial charge on any atom is -0.507 e. The molecule has 0 fully saturated rings. The molecule has 0 amide bonds. The van der Waals surface area contributed by atoms with Gasteiger partial charge in [0, 0.05) is 0 Å². The molecule has 1 aromatic heterocycles. The normalized spacial score (nSPS) is 10.7. The van der Waals surface area contributed by atoms with Gasteiger partial charge in [-0.15, -0.1) is 5.10 Å². The van der Waals surface area contributed by atoms with Gasteiger partial charge in [0.05, 0.1) is 22.4 Å². The van der Waals surface area contributed by atoms with E-state index in [2.05, 4.69) is 10.1 Å². The number of benzene rings is 3. The first-order valence-corrected chi connectivity index (χ1v) is 9.14. The quantitative estimate of drug-likeness (QED) is 0.301. The summed E-state index contributed by atoms with van der Waals surface area (Å²) in [6, 6.07) is 18.2. The van der Waals surface area contributed by atoms with Crippen LogP contribution in [0.25, 0.3) is 28.5 Å². The molecule has 4 rings (SSSR count). The van der Waals surface area contributed by atoms with Gasteiger partial charge in [-0.3, -0.25) is 9.59 Å². The van der Waals surface area contributed by atoms with Crippen molar-refractivity contribution in [1.82, 2.24) is 14.8 Å². The summed E-state index contributed by atoms with van der Waals surface area (Å²) in [5.74, 6) is -0.264. The maximum atomic E-state index is 12.2. The second-order valence-corrected chi connectivity index (χ2v) is 6.71. The molecule has 0 saturated carbocycles. The van der Waals surface area contributed by atoms with Crippen LogP contribution < -0.4 is 0 Å². The molecule has 1 heterocycles. The van der Waals surface area contributed by atoms with Crippen molar-refractivity contribution < 1.29 is 19.8 Å². The fraction of sp³-hybridized carbons (Fsp3) is 0.0435. The smallest absolute Gasteiger partial charge is 0.227 e. The van der Waals surface area contributed by atoms with Gasteiger partial charge in [-0.25, -0.2) is 9.67 Å². The van der Waals surface area contributed by atoms with Crippen molar-refractivity contribution in [2.45, 2.75) is 6.92 Å². The van der Waals surface area contributed by atoms with E-state index in [-0.39, 0.29) is 35.0 Å². The van der Waals surface area contributed by atoms with Crippen LogP contribution in [0.2, 0.25) is 0 Å². The SMILES string of the molecule is Cc1ccc(C(=O)C=O)c(-n2nc(-c3ccccc3O)nc2-c2ccccc2O)c1. The highest BCUT2D eigenvalue weighted by Crippen LogP contribution is 2.34. The summed E-state index contributed by atoms with van der Waals surface area (Å²) in [6.45, 7) is 1.85. The fourth-order valence-corrected chi connectivity index (χ4v) is 3.18. The lowest BCUT2D eigenvalue weighted by Crippen LogP contribution is -2.10. The van der Waals surface area contributed by atoms with Gasteiger partial charge in [0.25, 0.3) is 0 Å². The summed E-state index contributed by atoms with van der Waals surface area (Å²) in [5.41, 5.74) is 2.12. The van der Waals surface area contributed by atoms with Gasteiger partial charge >= 0.3 is 0 Å². The Labute approximate surface area is 171 Å². The molecule has 0 unspecified atom stereocenters. The maximum absolute atomic E-state index is 12.2. The number of carbonyl (C=O) groups is 2. The minimum absolute atomic E-state index is 0.00748. The summed E-state index contributed by atoms with van der Waals surface area (Å²) in [7, 11) is 0. The molecule has 7 heteroatoms. The highest BCUT2D eigenvalue weighted by Gasteiger charge is 2.22. The number of aldehydes is 1. The third-order valence-electron chi connectivity index (χ3n) is 4.65. The third kappa shape index (κ3) is 3.33. The number of aromatic nitrogens is 3. The largest absolute Gasteiger partial charge is 0.507 e. The highest BCUT2D eigenvalue weighted by molar-refractivity contribution is 6.34. The number of aryl methyl sites for hydroxylation is 1. The second-order valence-electron chi connectivity index (χ2n) is 6.71. The Bertz CT molecular complexity index is 1280. The molecule has 0 aliphatic heterocycles. The van der Waals surface area contributed by atoms with Crippen LogP contribution in [-0.4, -0.2) is 37.0 Å². The fourth-order valence-electron chi connectivity index (χ4n) is 3.18.